The van der Waals surface area contributed by atoms with E-state index < -0.39 is 0 Å². The number of anilines is 1. The average molecular weight is 185 g/mol. The van der Waals surface area contributed by atoms with E-state index >= 15 is 0 Å². The summed E-state index contributed by atoms with van der Waals surface area (Å²) >= 11 is 0. The Labute approximate surface area is 82.2 Å². The second-order valence-electron chi connectivity index (χ2n) is 3.58. The van der Waals surface area contributed by atoms with Gasteiger partial charge in [-0.05, 0) is 25.0 Å². The van der Waals surface area contributed by atoms with Crippen molar-refractivity contribution in [2.75, 3.05) is 11.9 Å². The molecule has 3 heterocycles. The summed E-state index contributed by atoms with van der Waals surface area (Å²) in [5, 5.41) is 4.53. The standard InChI is InChI=1S/C11H11N3/c1-2-9-10(13-4-1)6-8-3-5-12-7-11(8)14-9/h3,5-7,13H,1-2,4H2. The van der Waals surface area contributed by atoms with Gasteiger partial charge in [-0.1, -0.05) is 0 Å². The minimum Gasteiger partial charge on any atom is -0.384 e. The number of hydrogen-bond donors (Lipinski definition) is 1. The Morgan fingerprint density at radius 3 is 3.36 bits per heavy atom. The average Bonchev–Trinajstić information content (AvgIpc) is 2.26. The number of rotatable bonds is 0. The maximum Gasteiger partial charge on any atom is 0.0890 e. The fraction of sp³-hybridized carbons (Fsp3) is 0.273. The first kappa shape index (κ1) is 7.74. The molecular formula is C11H11N3. The molecule has 1 N–H and O–H groups in total. The van der Waals surface area contributed by atoms with Crippen LogP contribution in [-0.2, 0) is 6.42 Å². The minimum atomic E-state index is 0.995. The van der Waals surface area contributed by atoms with E-state index in [1.807, 2.05) is 12.3 Å². The number of aryl methyl sites for hydroxylation is 1. The van der Waals surface area contributed by atoms with Crippen molar-refractivity contribution in [3.8, 4) is 0 Å². The maximum atomic E-state index is 4.59. The second kappa shape index (κ2) is 2.94. The molecule has 2 aromatic rings. The third-order valence-corrected chi connectivity index (χ3v) is 2.60. The summed E-state index contributed by atoms with van der Waals surface area (Å²) in [7, 11) is 0. The van der Waals surface area contributed by atoms with Gasteiger partial charge in [0.2, 0.25) is 0 Å². The predicted octanol–water partition coefficient (Wildman–Crippen LogP) is 1.99. The van der Waals surface area contributed by atoms with Crippen LogP contribution < -0.4 is 5.32 Å². The van der Waals surface area contributed by atoms with E-state index in [2.05, 4.69) is 21.4 Å². The highest BCUT2D eigenvalue weighted by atomic mass is 14.9. The van der Waals surface area contributed by atoms with Gasteiger partial charge in [0.15, 0.2) is 0 Å². The normalized spacial score (nSPS) is 14.9. The van der Waals surface area contributed by atoms with E-state index in [9.17, 15) is 0 Å². The topological polar surface area (TPSA) is 37.8 Å². The van der Waals surface area contributed by atoms with Gasteiger partial charge in [0.25, 0.3) is 0 Å². The van der Waals surface area contributed by atoms with Crippen LogP contribution in [0.15, 0.2) is 24.5 Å². The zero-order valence-corrected chi connectivity index (χ0v) is 7.83. The molecule has 3 heteroatoms. The van der Waals surface area contributed by atoms with Gasteiger partial charge in [0, 0.05) is 18.1 Å². The van der Waals surface area contributed by atoms with E-state index in [0.717, 1.165) is 23.9 Å². The minimum absolute atomic E-state index is 0.995. The van der Waals surface area contributed by atoms with E-state index in [-0.39, 0.29) is 0 Å². The summed E-state index contributed by atoms with van der Waals surface area (Å²) in [5.41, 5.74) is 3.36. The lowest BCUT2D eigenvalue weighted by atomic mass is 10.1. The van der Waals surface area contributed by atoms with Crippen LogP contribution in [0.3, 0.4) is 0 Å². The van der Waals surface area contributed by atoms with Crippen LogP contribution in [-0.4, -0.2) is 16.5 Å². The summed E-state index contributed by atoms with van der Waals surface area (Å²) in [6.07, 6.45) is 5.88. The third kappa shape index (κ3) is 1.13. The Hall–Kier alpha value is -1.64. The molecule has 1 aliphatic heterocycles. The van der Waals surface area contributed by atoms with Crippen LogP contribution in [0.5, 0.6) is 0 Å². The fourth-order valence-corrected chi connectivity index (χ4v) is 1.88. The van der Waals surface area contributed by atoms with Crippen LogP contribution in [0.4, 0.5) is 5.69 Å². The summed E-state index contributed by atoms with van der Waals surface area (Å²) < 4.78 is 0. The van der Waals surface area contributed by atoms with Crippen LogP contribution in [0.1, 0.15) is 12.1 Å². The number of aromatic nitrogens is 2. The molecule has 0 atom stereocenters. The second-order valence-corrected chi connectivity index (χ2v) is 3.58. The van der Waals surface area contributed by atoms with Crippen molar-refractivity contribution < 1.29 is 0 Å². The zero-order valence-electron chi connectivity index (χ0n) is 7.83. The lowest BCUT2D eigenvalue weighted by molar-refractivity contribution is 0.807. The highest BCUT2D eigenvalue weighted by Gasteiger charge is 2.10. The Balaban J connectivity index is 2.27. The Kier molecular flexibility index (Phi) is 1.63. The first-order chi connectivity index (χ1) is 6.93. The van der Waals surface area contributed by atoms with Crippen molar-refractivity contribution in [1.82, 2.24) is 9.97 Å². The Bertz CT molecular complexity index is 434. The van der Waals surface area contributed by atoms with Gasteiger partial charge >= 0.3 is 0 Å². The molecule has 2 aromatic heterocycles. The van der Waals surface area contributed by atoms with Gasteiger partial charge in [0.05, 0.1) is 23.1 Å². The van der Waals surface area contributed by atoms with E-state index in [4.69, 9.17) is 0 Å². The van der Waals surface area contributed by atoms with Crippen molar-refractivity contribution in [2.24, 2.45) is 0 Å². The summed E-state index contributed by atoms with van der Waals surface area (Å²) in [5.74, 6) is 0. The van der Waals surface area contributed by atoms with Gasteiger partial charge in [0.1, 0.15) is 0 Å². The number of hydrogen-bond acceptors (Lipinski definition) is 3. The molecular weight excluding hydrogens is 174 g/mol. The summed E-state index contributed by atoms with van der Waals surface area (Å²) in [4.78, 5) is 8.67. The molecule has 0 radical (unpaired) electrons. The molecule has 70 valence electrons. The molecule has 0 fully saturated rings. The first-order valence-electron chi connectivity index (χ1n) is 4.91. The van der Waals surface area contributed by atoms with E-state index in [0.29, 0.717) is 0 Å². The molecule has 3 rings (SSSR count). The van der Waals surface area contributed by atoms with Crippen molar-refractivity contribution in [3.63, 3.8) is 0 Å². The van der Waals surface area contributed by atoms with Crippen molar-refractivity contribution in [2.45, 2.75) is 12.8 Å². The number of nitrogens with one attached hydrogen (secondary N) is 1. The smallest absolute Gasteiger partial charge is 0.0890 e. The molecule has 0 unspecified atom stereocenters. The molecule has 1 aliphatic rings. The predicted molar refractivity (Wildman–Crippen MR) is 56.3 cm³/mol. The fourth-order valence-electron chi connectivity index (χ4n) is 1.88. The van der Waals surface area contributed by atoms with Gasteiger partial charge in [-0.25, -0.2) is 4.98 Å². The molecule has 0 saturated carbocycles. The SMILES string of the molecule is c1cc2cc3c(nc2cn1)CCCN3. The highest BCUT2D eigenvalue weighted by molar-refractivity contribution is 5.82. The molecule has 0 aromatic carbocycles. The Morgan fingerprint density at radius 1 is 1.36 bits per heavy atom. The lowest BCUT2D eigenvalue weighted by Crippen LogP contribution is -2.12. The molecule has 0 aliphatic carbocycles. The van der Waals surface area contributed by atoms with Crippen molar-refractivity contribution >= 4 is 16.6 Å². The summed E-state index contributed by atoms with van der Waals surface area (Å²) in [6, 6.07) is 4.16. The molecule has 0 bridgehead atoms. The van der Waals surface area contributed by atoms with Crippen LogP contribution in [0.25, 0.3) is 10.9 Å². The van der Waals surface area contributed by atoms with Gasteiger partial charge < -0.3 is 5.32 Å². The summed E-state index contributed by atoms with van der Waals surface area (Å²) in [6.45, 7) is 1.06. The van der Waals surface area contributed by atoms with Crippen LogP contribution in [0.2, 0.25) is 0 Å². The maximum absolute atomic E-state index is 4.59. The monoisotopic (exact) mass is 185 g/mol. The van der Waals surface area contributed by atoms with Crippen LogP contribution >= 0.6 is 0 Å². The molecule has 0 saturated heterocycles. The van der Waals surface area contributed by atoms with Crippen LogP contribution in [0, 0.1) is 0 Å². The Morgan fingerprint density at radius 2 is 2.36 bits per heavy atom. The molecule has 0 spiro atoms. The van der Waals surface area contributed by atoms with Crippen molar-refractivity contribution in [3.05, 3.63) is 30.2 Å². The molecule has 3 nitrogen and oxygen atoms in total. The van der Waals surface area contributed by atoms with E-state index in [1.54, 1.807) is 6.20 Å². The zero-order chi connectivity index (χ0) is 9.38. The highest BCUT2D eigenvalue weighted by Crippen LogP contribution is 2.23. The molecule has 0 amide bonds. The van der Waals surface area contributed by atoms with E-state index in [1.165, 1.54) is 17.8 Å². The van der Waals surface area contributed by atoms with Gasteiger partial charge in [-0.3, -0.25) is 4.98 Å². The number of fused-ring (bicyclic) bond motifs is 2. The van der Waals surface area contributed by atoms with Gasteiger partial charge in [-0.2, -0.15) is 0 Å². The first-order valence-corrected chi connectivity index (χ1v) is 4.91. The largest absolute Gasteiger partial charge is 0.384 e. The third-order valence-electron chi connectivity index (χ3n) is 2.60. The quantitative estimate of drug-likeness (QED) is 0.682. The van der Waals surface area contributed by atoms with Crippen molar-refractivity contribution in [1.29, 1.82) is 0 Å². The lowest BCUT2D eigenvalue weighted by Gasteiger charge is -2.17. The molecule has 14 heavy (non-hydrogen) atoms. The number of pyridine rings is 2. The number of nitrogens with zero attached hydrogens (tertiary/aromatic N) is 2. The van der Waals surface area contributed by atoms with Gasteiger partial charge in [-0.15, -0.1) is 0 Å².